The van der Waals surface area contributed by atoms with Crippen molar-refractivity contribution in [2.75, 3.05) is 5.32 Å². The molecule has 1 N–H and O–H groups in total. The number of Topliss-reactive ketones (excluding diaryl/α,β-unsaturated/α-hetero) is 1. The number of carbonyl (C=O) groups is 2. The average molecular weight is 328 g/mol. The van der Waals surface area contributed by atoms with E-state index in [9.17, 15) is 19.7 Å². The molecule has 124 valence electrons. The number of benzene rings is 2. The number of nitro groups is 1. The monoisotopic (exact) mass is 328 g/mol. The van der Waals surface area contributed by atoms with Gasteiger partial charge in [-0.25, -0.2) is 0 Å². The minimum Gasteiger partial charge on any atom is -0.482 e. The van der Waals surface area contributed by atoms with Crippen LogP contribution in [0.4, 0.5) is 11.4 Å². The Hall–Kier alpha value is -3.22. The molecule has 2 rings (SSSR count). The van der Waals surface area contributed by atoms with Crippen LogP contribution < -0.4 is 10.1 Å². The Balaban J connectivity index is 2.07. The van der Waals surface area contributed by atoms with Gasteiger partial charge >= 0.3 is 0 Å². The molecule has 0 aliphatic rings. The molecule has 0 bridgehead atoms. The van der Waals surface area contributed by atoms with Crippen molar-refractivity contribution in [2.45, 2.75) is 20.0 Å². The fraction of sp³-hybridized carbons (Fsp3) is 0.176. The van der Waals surface area contributed by atoms with Crippen LogP contribution in [-0.2, 0) is 4.79 Å². The van der Waals surface area contributed by atoms with Crippen LogP contribution in [0, 0.1) is 10.1 Å². The van der Waals surface area contributed by atoms with E-state index in [2.05, 4.69) is 5.32 Å². The SMILES string of the molecule is CC(=O)Nc1ccc(C(=O)[C@H](C)Oc2cccc([N+](=O)[O-])c2)cc1. The maximum absolute atomic E-state index is 12.4. The standard InChI is InChI=1S/C17H16N2O5/c1-11(24-16-5-3-4-15(10-16)19(22)23)17(21)13-6-8-14(9-7-13)18-12(2)20/h3-11H,1-2H3,(H,18,20)/t11-/m0/s1. The smallest absolute Gasteiger partial charge is 0.273 e. The van der Waals surface area contributed by atoms with Gasteiger partial charge in [-0.2, -0.15) is 0 Å². The largest absolute Gasteiger partial charge is 0.482 e. The first-order valence-electron chi connectivity index (χ1n) is 7.20. The summed E-state index contributed by atoms with van der Waals surface area (Å²) in [4.78, 5) is 33.6. The Morgan fingerprint density at radius 2 is 1.83 bits per heavy atom. The van der Waals surface area contributed by atoms with Crippen molar-refractivity contribution in [3.8, 4) is 5.75 Å². The van der Waals surface area contributed by atoms with Gasteiger partial charge in [0.15, 0.2) is 6.10 Å². The molecule has 2 aromatic carbocycles. The molecule has 0 unspecified atom stereocenters. The van der Waals surface area contributed by atoms with Crippen LogP contribution in [0.25, 0.3) is 0 Å². The van der Waals surface area contributed by atoms with Gasteiger partial charge in [0, 0.05) is 24.2 Å². The Labute approximate surface area is 138 Å². The second-order valence-electron chi connectivity index (χ2n) is 5.14. The summed E-state index contributed by atoms with van der Waals surface area (Å²) in [5, 5.41) is 13.4. The van der Waals surface area contributed by atoms with Crippen molar-refractivity contribution >= 4 is 23.1 Å². The van der Waals surface area contributed by atoms with E-state index < -0.39 is 11.0 Å². The molecular weight excluding hydrogens is 312 g/mol. The van der Waals surface area contributed by atoms with Gasteiger partial charge in [-0.15, -0.1) is 0 Å². The fourth-order valence-electron chi connectivity index (χ4n) is 2.08. The van der Waals surface area contributed by atoms with Gasteiger partial charge in [-0.3, -0.25) is 19.7 Å². The predicted molar refractivity (Wildman–Crippen MR) is 88.3 cm³/mol. The average Bonchev–Trinajstić information content (AvgIpc) is 2.54. The van der Waals surface area contributed by atoms with Crippen molar-refractivity contribution in [2.24, 2.45) is 0 Å². The number of ether oxygens (including phenoxy) is 1. The third-order valence-corrected chi connectivity index (χ3v) is 3.20. The van der Waals surface area contributed by atoms with E-state index in [4.69, 9.17) is 4.74 Å². The van der Waals surface area contributed by atoms with Gasteiger partial charge in [-0.05, 0) is 37.3 Å². The summed E-state index contributed by atoms with van der Waals surface area (Å²) in [6.45, 7) is 2.97. The maximum atomic E-state index is 12.4. The number of carbonyl (C=O) groups excluding carboxylic acids is 2. The topological polar surface area (TPSA) is 98.5 Å². The van der Waals surface area contributed by atoms with Crippen LogP contribution in [0.5, 0.6) is 5.75 Å². The van der Waals surface area contributed by atoms with Gasteiger partial charge in [-0.1, -0.05) is 6.07 Å². The number of anilines is 1. The molecule has 0 radical (unpaired) electrons. The first-order valence-corrected chi connectivity index (χ1v) is 7.20. The molecule has 2 aromatic rings. The Bertz CT molecular complexity index is 771. The van der Waals surface area contributed by atoms with Crippen LogP contribution in [-0.4, -0.2) is 22.7 Å². The second kappa shape index (κ2) is 7.36. The molecular formula is C17H16N2O5. The summed E-state index contributed by atoms with van der Waals surface area (Å²) in [6, 6.07) is 12.1. The predicted octanol–water partition coefficient (Wildman–Crippen LogP) is 3.20. The van der Waals surface area contributed by atoms with E-state index in [0.29, 0.717) is 11.3 Å². The van der Waals surface area contributed by atoms with E-state index >= 15 is 0 Å². The lowest BCUT2D eigenvalue weighted by molar-refractivity contribution is -0.384. The molecule has 0 aliphatic carbocycles. The minimum absolute atomic E-state index is 0.105. The molecule has 0 saturated carbocycles. The lowest BCUT2D eigenvalue weighted by Gasteiger charge is -2.14. The molecule has 0 aliphatic heterocycles. The molecule has 0 spiro atoms. The number of non-ortho nitro benzene ring substituents is 1. The Morgan fingerprint density at radius 3 is 2.42 bits per heavy atom. The molecule has 7 heteroatoms. The molecule has 0 fully saturated rings. The van der Waals surface area contributed by atoms with Gasteiger partial charge in [0.25, 0.3) is 5.69 Å². The normalized spacial score (nSPS) is 11.4. The third-order valence-electron chi connectivity index (χ3n) is 3.20. The summed E-state index contributed by atoms with van der Waals surface area (Å²) in [5.74, 6) is -0.216. The molecule has 24 heavy (non-hydrogen) atoms. The number of nitrogens with zero attached hydrogens (tertiary/aromatic N) is 1. The third kappa shape index (κ3) is 4.39. The summed E-state index contributed by atoms with van der Waals surface area (Å²) in [6.07, 6.45) is -0.807. The van der Waals surface area contributed by atoms with Gasteiger partial charge in [0.2, 0.25) is 11.7 Å². The molecule has 1 atom stereocenters. The van der Waals surface area contributed by atoms with Gasteiger partial charge in [0.05, 0.1) is 11.0 Å². The van der Waals surface area contributed by atoms with Crippen LogP contribution in [0.15, 0.2) is 48.5 Å². The molecule has 0 heterocycles. The maximum Gasteiger partial charge on any atom is 0.273 e. The number of rotatable bonds is 6. The van der Waals surface area contributed by atoms with E-state index in [1.807, 2.05) is 0 Å². The minimum atomic E-state index is -0.807. The van der Waals surface area contributed by atoms with Gasteiger partial charge in [0.1, 0.15) is 5.75 Å². The fourth-order valence-corrected chi connectivity index (χ4v) is 2.08. The lowest BCUT2D eigenvalue weighted by atomic mass is 10.1. The van der Waals surface area contributed by atoms with E-state index in [1.54, 1.807) is 37.3 Å². The molecule has 1 amide bonds. The van der Waals surface area contributed by atoms with E-state index in [0.717, 1.165) is 0 Å². The number of nitrogens with one attached hydrogen (secondary N) is 1. The Morgan fingerprint density at radius 1 is 1.17 bits per heavy atom. The van der Waals surface area contributed by atoms with Crippen LogP contribution in [0.3, 0.4) is 0 Å². The number of hydrogen-bond donors (Lipinski definition) is 1. The lowest BCUT2D eigenvalue weighted by Crippen LogP contribution is -2.24. The van der Waals surface area contributed by atoms with E-state index in [-0.39, 0.29) is 23.1 Å². The van der Waals surface area contributed by atoms with Gasteiger partial charge < -0.3 is 10.1 Å². The molecule has 0 saturated heterocycles. The zero-order valence-corrected chi connectivity index (χ0v) is 13.2. The highest BCUT2D eigenvalue weighted by Crippen LogP contribution is 2.21. The second-order valence-corrected chi connectivity index (χ2v) is 5.14. The number of hydrogen-bond acceptors (Lipinski definition) is 5. The zero-order valence-electron chi connectivity index (χ0n) is 13.2. The summed E-state index contributed by atoms with van der Waals surface area (Å²) in [5.41, 5.74) is 0.903. The highest BCUT2D eigenvalue weighted by Gasteiger charge is 2.18. The quantitative estimate of drug-likeness (QED) is 0.499. The zero-order chi connectivity index (χ0) is 17.7. The molecule has 7 nitrogen and oxygen atoms in total. The van der Waals surface area contributed by atoms with Crippen LogP contribution >= 0.6 is 0 Å². The van der Waals surface area contributed by atoms with Crippen molar-refractivity contribution in [1.29, 1.82) is 0 Å². The first kappa shape index (κ1) is 17.1. The number of nitro benzene ring substituents is 1. The molecule has 0 aromatic heterocycles. The summed E-state index contributed by atoms with van der Waals surface area (Å²) in [7, 11) is 0. The van der Waals surface area contributed by atoms with Crippen molar-refractivity contribution in [3.05, 3.63) is 64.2 Å². The number of ketones is 1. The summed E-state index contributed by atoms with van der Waals surface area (Å²) >= 11 is 0. The van der Waals surface area contributed by atoms with E-state index in [1.165, 1.54) is 25.1 Å². The van der Waals surface area contributed by atoms with Crippen molar-refractivity contribution in [3.63, 3.8) is 0 Å². The van der Waals surface area contributed by atoms with Crippen LogP contribution in [0.2, 0.25) is 0 Å². The number of amides is 1. The summed E-state index contributed by atoms with van der Waals surface area (Å²) < 4.78 is 5.49. The first-order chi connectivity index (χ1) is 11.4. The van der Waals surface area contributed by atoms with Crippen molar-refractivity contribution in [1.82, 2.24) is 0 Å². The van der Waals surface area contributed by atoms with Crippen LogP contribution in [0.1, 0.15) is 24.2 Å². The highest BCUT2D eigenvalue weighted by atomic mass is 16.6. The van der Waals surface area contributed by atoms with Crippen molar-refractivity contribution < 1.29 is 19.2 Å². The Kier molecular flexibility index (Phi) is 5.26. The highest BCUT2D eigenvalue weighted by molar-refractivity contribution is 6.00.